The molecule has 1 aliphatic heterocycles. The molecule has 1 N–H and O–H groups in total. The third kappa shape index (κ3) is 5.24. The number of piperazine rings is 1. The van der Waals surface area contributed by atoms with Gasteiger partial charge in [0.1, 0.15) is 23.0 Å². The van der Waals surface area contributed by atoms with Crippen molar-refractivity contribution in [3.63, 3.8) is 0 Å². The summed E-state index contributed by atoms with van der Waals surface area (Å²) in [6.45, 7) is 2.21. The highest BCUT2D eigenvalue weighted by Gasteiger charge is 2.35. The van der Waals surface area contributed by atoms with Gasteiger partial charge in [0.05, 0.1) is 11.9 Å². The van der Waals surface area contributed by atoms with Crippen molar-refractivity contribution < 1.29 is 19.0 Å². The summed E-state index contributed by atoms with van der Waals surface area (Å²) < 4.78 is 20.9. The number of halogens is 2. The Bertz CT molecular complexity index is 1610. The van der Waals surface area contributed by atoms with Gasteiger partial charge in [-0.3, -0.25) is 9.59 Å². The molecule has 1 amide bonds. The van der Waals surface area contributed by atoms with Crippen molar-refractivity contribution in [2.75, 3.05) is 31.1 Å². The molecule has 0 bridgehead atoms. The van der Waals surface area contributed by atoms with E-state index in [0.717, 1.165) is 18.9 Å². The van der Waals surface area contributed by atoms with Crippen molar-refractivity contribution in [1.29, 1.82) is 0 Å². The van der Waals surface area contributed by atoms with Gasteiger partial charge in [-0.2, -0.15) is 9.78 Å². The number of carbonyl (C=O) groups is 1. The second-order valence-corrected chi connectivity index (χ2v) is 10.4. The van der Waals surface area contributed by atoms with Crippen LogP contribution in [0.1, 0.15) is 12.8 Å². The number of aromatic hydroxyl groups is 1. The molecule has 8 nitrogen and oxygen atoms in total. The summed E-state index contributed by atoms with van der Waals surface area (Å²) in [6, 6.07) is 17.4. The topological polar surface area (TPSA) is 87.9 Å². The van der Waals surface area contributed by atoms with Crippen LogP contribution in [0.4, 0.5) is 10.1 Å². The molecule has 0 atom stereocenters. The summed E-state index contributed by atoms with van der Waals surface area (Å²) in [4.78, 5) is 30.2. The van der Waals surface area contributed by atoms with Gasteiger partial charge in [-0.05, 0) is 66.9 Å². The van der Waals surface area contributed by atoms with Gasteiger partial charge in [-0.25, -0.2) is 4.39 Å². The lowest BCUT2D eigenvalue weighted by Crippen LogP contribution is -2.49. The molecule has 2 heterocycles. The predicted molar refractivity (Wildman–Crippen MR) is 150 cm³/mol. The van der Waals surface area contributed by atoms with Crippen LogP contribution in [0.3, 0.4) is 0 Å². The molecular weight excluding hydrogens is 535 g/mol. The third-order valence-corrected chi connectivity index (χ3v) is 7.44. The van der Waals surface area contributed by atoms with E-state index in [1.807, 2.05) is 9.80 Å². The Hall–Kier alpha value is -4.37. The Labute approximate surface area is 234 Å². The van der Waals surface area contributed by atoms with Crippen molar-refractivity contribution >= 4 is 23.2 Å². The zero-order valence-electron chi connectivity index (χ0n) is 21.5. The number of hydrogen-bond donors (Lipinski definition) is 1. The number of phenols is 1. The molecule has 4 aromatic rings. The molecule has 10 heteroatoms. The number of amides is 1. The first-order chi connectivity index (χ1) is 19.4. The molecule has 1 saturated heterocycles. The van der Waals surface area contributed by atoms with E-state index in [1.54, 1.807) is 54.7 Å². The van der Waals surface area contributed by atoms with E-state index in [4.69, 9.17) is 16.3 Å². The lowest BCUT2D eigenvalue weighted by atomic mass is 10.0. The summed E-state index contributed by atoms with van der Waals surface area (Å²) in [5.74, 6) is 0.177. The molecule has 1 aromatic heterocycles. The maximum Gasteiger partial charge on any atom is 0.316 e. The molecule has 204 valence electrons. The zero-order chi connectivity index (χ0) is 27.8. The lowest BCUT2D eigenvalue weighted by molar-refractivity contribution is -0.132. The minimum atomic E-state index is -0.527. The van der Waals surface area contributed by atoms with E-state index in [0.29, 0.717) is 59.5 Å². The molecule has 1 aliphatic carbocycles. The highest BCUT2D eigenvalue weighted by atomic mass is 35.5. The monoisotopic (exact) mass is 560 g/mol. The van der Waals surface area contributed by atoms with Crippen LogP contribution in [0.2, 0.25) is 5.02 Å². The number of carbonyl (C=O) groups excluding carboxylic acids is 1. The fraction of sp³-hybridized carbons (Fsp3) is 0.233. The predicted octanol–water partition coefficient (Wildman–Crippen LogP) is 5.25. The van der Waals surface area contributed by atoms with Gasteiger partial charge in [-0.15, -0.1) is 0 Å². The number of phenolic OH excluding ortho intramolecular Hbond substituents is 1. The van der Waals surface area contributed by atoms with E-state index in [1.165, 1.54) is 16.8 Å². The van der Waals surface area contributed by atoms with Crippen molar-refractivity contribution in [2.24, 2.45) is 5.92 Å². The fourth-order valence-corrected chi connectivity index (χ4v) is 4.97. The normalized spacial score (nSPS) is 15.2. The van der Waals surface area contributed by atoms with Gasteiger partial charge in [-0.1, -0.05) is 23.7 Å². The van der Waals surface area contributed by atoms with Gasteiger partial charge >= 0.3 is 5.56 Å². The standard InChI is InChI=1S/C30H26ClFN4O4/c31-21-5-8-23(9-6-21)36-30(39)28(26(18-33-36)34-13-15-35(16-14-34)29(38)20-1-2-20)40-24-10-3-19(4-11-24)25-12-7-22(32)17-27(25)37/h3-12,17-18,20,37H,1-2,13-16H2. The van der Waals surface area contributed by atoms with Gasteiger partial charge in [0.25, 0.3) is 0 Å². The second kappa shape index (κ2) is 10.7. The number of hydrogen-bond acceptors (Lipinski definition) is 6. The number of nitrogens with zero attached hydrogens (tertiary/aromatic N) is 4. The Balaban J connectivity index is 1.31. The van der Waals surface area contributed by atoms with E-state index in [-0.39, 0.29) is 23.3 Å². The molecular formula is C30H26ClFN4O4. The van der Waals surface area contributed by atoms with Crippen LogP contribution in [0, 0.1) is 11.7 Å². The van der Waals surface area contributed by atoms with Crippen LogP contribution in [-0.4, -0.2) is 51.9 Å². The number of ether oxygens (including phenoxy) is 1. The molecule has 6 rings (SSSR count). The minimum Gasteiger partial charge on any atom is -0.507 e. The van der Waals surface area contributed by atoms with Crippen LogP contribution >= 0.6 is 11.6 Å². The Morgan fingerprint density at radius 1 is 0.975 bits per heavy atom. The number of aromatic nitrogens is 2. The molecule has 2 aliphatic rings. The van der Waals surface area contributed by atoms with E-state index in [2.05, 4.69) is 5.10 Å². The average molecular weight is 561 g/mol. The Morgan fingerprint density at radius 2 is 1.68 bits per heavy atom. The van der Waals surface area contributed by atoms with Crippen LogP contribution < -0.4 is 15.2 Å². The largest absolute Gasteiger partial charge is 0.507 e. The number of rotatable bonds is 6. The molecule has 40 heavy (non-hydrogen) atoms. The molecule has 0 spiro atoms. The molecule has 3 aromatic carbocycles. The molecule has 0 unspecified atom stereocenters. The summed E-state index contributed by atoms with van der Waals surface area (Å²) in [6.07, 6.45) is 3.53. The number of anilines is 1. The van der Waals surface area contributed by atoms with Gasteiger partial charge in [0, 0.05) is 48.7 Å². The smallest absolute Gasteiger partial charge is 0.316 e. The lowest BCUT2D eigenvalue weighted by Gasteiger charge is -2.36. The van der Waals surface area contributed by atoms with E-state index >= 15 is 0 Å². The quantitative estimate of drug-likeness (QED) is 0.347. The van der Waals surface area contributed by atoms with Crippen LogP contribution in [0.15, 0.2) is 77.7 Å². The summed E-state index contributed by atoms with van der Waals surface area (Å²) in [5, 5.41) is 15.1. The van der Waals surface area contributed by atoms with E-state index in [9.17, 15) is 19.1 Å². The summed E-state index contributed by atoms with van der Waals surface area (Å²) >= 11 is 6.03. The van der Waals surface area contributed by atoms with Crippen LogP contribution in [0.5, 0.6) is 17.2 Å². The van der Waals surface area contributed by atoms with Crippen molar-refractivity contribution in [1.82, 2.24) is 14.7 Å². The summed E-state index contributed by atoms with van der Waals surface area (Å²) in [7, 11) is 0. The van der Waals surface area contributed by atoms with Crippen LogP contribution in [-0.2, 0) is 4.79 Å². The first-order valence-corrected chi connectivity index (χ1v) is 13.4. The molecule has 2 fully saturated rings. The fourth-order valence-electron chi connectivity index (χ4n) is 4.84. The average Bonchev–Trinajstić information content (AvgIpc) is 3.81. The maximum atomic E-state index is 13.7. The molecule has 1 saturated carbocycles. The maximum absolute atomic E-state index is 13.7. The van der Waals surface area contributed by atoms with Crippen molar-refractivity contribution in [3.8, 4) is 34.1 Å². The first kappa shape index (κ1) is 25.9. The van der Waals surface area contributed by atoms with Crippen molar-refractivity contribution in [2.45, 2.75) is 12.8 Å². The van der Waals surface area contributed by atoms with Crippen molar-refractivity contribution in [3.05, 3.63) is 94.1 Å². The Morgan fingerprint density at radius 3 is 2.33 bits per heavy atom. The highest BCUT2D eigenvalue weighted by molar-refractivity contribution is 6.30. The Kier molecular flexibility index (Phi) is 6.89. The van der Waals surface area contributed by atoms with Gasteiger partial charge in [0.15, 0.2) is 0 Å². The first-order valence-electron chi connectivity index (χ1n) is 13.1. The van der Waals surface area contributed by atoms with Crippen LogP contribution in [0.25, 0.3) is 16.8 Å². The zero-order valence-corrected chi connectivity index (χ0v) is 22.2. The number of benzene rings is 3. The second-order valence-electron chi connectivity index (χ2n) is 9.93. The minimum absolute atomic E-state index is 0.101. The summed E-state index contributed by atoms with van der Waals surface area (Å²) in [5.41, 5.74) is 1.76. The highest BCUT2D eigenvalue weighted by Crippen LogP contribution is 2.35. The van der Waals surface area contributed by atoms with Gasteiger partial charge < -0.3 is 19.6 Å². The SMILES string of the molecule is O=C(C1CC1)N1CCN(c2cnn(-c3ccc(Cl)cc3)c(=O)c2Oc2ccc(-c3ccc(F)cc3O)cc2)CC1. The third-order valence-electron chi connectivity index (χ3n) is 7.19. The van der Waals surface area contributed by atoms with Gasteiger partial charge in [0.2, 0.25) is 11.7 Å². The molecule has 0 radical (unpaired) electrons. The van der Waals surface area contributed by atoms with E-state index < -0.39 is 11.4 Å².